The SMILES string of the molecule is CSCC[C@H](NC(=O)OC(C)(C)C)C(=O)Cc1nc(-c2ccccc2)cs1. The second kappa shape index (κ2) is 9.90. The Morgan fingerprint density at radius 3 is 2.59 bits per heavy atom. The third-order valence-electron chi connectivity index (χ3n) is 3.64. The Morgan fingerprint density at radius 2 is 1.96 bits per heavy atom. The molecule has 1 atom stereocenters. The van der Waals surface area contributed by atoms with Crippen LogP contribution in [0.1, 0.15) is 32.2 Å². The van der Waals surface area contributed by atoms with Crippen molar-refractivity contribution in [2.75, 3.05) is 12.0 Å². The number of hydrogen-bond acceptors (Lipinski definition) is 6. The number of ether oxygens (including phenoxy) is 1. The van der Waals surface area contributed by atoms with Crippen molar-refractivity contribution in [3.05, 3.63) is 40.7 Å². The maximum atomic E-state index is 12.8. The van der Waals surface area contributed by atoms with Crippen molar-refractivity contribution >= 4 is 35.0 Å². The second-order valence-corrected chi connectivity index (χ2v) is 9.04. The van der Waals surface area contributed by atoms with Gasteiger partial charge in [0.2, 0.25) is 0 Å². The van der Waals surface area contributed by atoms with Crippen LogP contribution < -0.4 is 5.32 Å². The van der Waals surface area contributed by atoms with Crippen LogP contribution in [-0.4, -0.2) is 40.5 Å². The Labute approximate surface area is 168 Å². The van der Waals surface area contributed by atoms with Crippen molar-refractivity contribution < 1.29 is 14.3 Å². The molecular formula is C20H26N2O3S2. The van der Waals surface area contributed by atoms with Crippen LogP contribution in [0.2, 0.25) is 0 Å². The minimum absolute atomic E-state index is 0.0520. The zero-order chi connectivity index (χ0) is 19.9. The van der Waals surface area contributed by atoms with E-state index in [2.05, 4.69) is 10.3 Å². The van der Waals surface area contributed by atoms with E-state index in [-0.39, 0.29) is 12.2 Å². The summed E-state index contributed by atoms with van der Waals surface area (Å²) in [6.07, 6.45) is 2.18. The van der Waals surface area contributed by atoms with Gasteiger partial charge in [-0.05, 0) is 39.2 Å². The number of Topliss-reactive ketones (excluding diaryl/α,β-unsaturated/α-hetero) is 1. The molecule has 2 aromatic rings. The first kappa shape index (κ1) is 21.4. The van der Waals surface area contributed by atoms with Crippen molar-refractivity contribution in [1.29, 1.82) is 0 Å². The number of aromatic nitrogens is 1. The maximum absolute atomic E-state index is 12.8. The van der Waals surface area contributed by atoms with Gasteiger partial charge in [0.05, 0.1) is 18.2 Å². The van der Waals surface area contributed by atoms with E-state index in [0.29, 0.717) is 6.42 Å². The van der Waals surface area contributed by atoms with Crippen molar-refractivity contribution in [2.24, 2.45) is 0 Å². The van der Waals surface area contributed by atoms with E-state index in [1.54, 1.807) is 32.5 Å². The standard InChI is InChI=1S/C20H26N2O3S2/c1-20(2,3)25-19(24)22-15(10-11-26-4)17(23)12-18-21-16(13-27-18)14-8-6-5-7-9-14/h5-9,13,15H,10-12H2,1-4H3,(H,22,24)/t15-/m0/s1. The van der Waals surface area contributed by atoms with Crippen molar-refractivity contribution in [3.8, 4) is 11.3 Å². The van der Waals surface area contributed by atoms with Crippen LogP contribution >= 0.6 is 23.1 Å². The van der Waals surface area contributed by atoms with Crippen LogP contribution in [0.5, 0.6) is 0 Å². The summed E-state index contributed by atoms with van der Waals surface area (Å²) in [5.74, 6) is 0.725. The monoisotopic (exact) mass is 406 g/mol. The summed E-state index contributed by atoms with van der Waals surface area (Å²) < 4.78 is 5.29. The quantitative estimate of drug-likeness (QED) is 0.695. The number of amides is 1. The molecule has 0 aliphatic rings. The van der Waals surface area contributed by atoms with Gasteiger partial charge < -0.3 is 10.1 Å². The highest BCUT2D eigenvalue weighted by Gasteiger charge is 2.24. The van der Waals surface area contributed by atoms with E-state index in [1.807, 2.05) is 42.0 Å². The molecule has 0 aliphatic carbocycles. The van der Waals surface area contributed by atoms with Crippen LogP contribution in [0, 0.1) is 0 Å². The lowest BCUT2D eigenvalue weighted by Crippen LogP contribution is -2.44. The number of ketones is 1. The average molecular weight is 407 g/mol. The number of benzene rings is 1. The molecule has 5 nitrogen and oxygen atoms in total. The predicted molar refractivity (Wildman–Crippen MR) is 112 cm³/mol. The number of hydrogen-bond donors (Lipinski definition) is 1. The number of thioether (sulfide) groups is 1. The van der Waals surface area contributed by atoms with Gasteiger partial charge in [-0.2, -0.15) is 11.8 Å². The molecule has 27 heavy (non-hydrogen) atoms. The fourth-order valence-electron chi connectivity index (χ4n) is 2.40. The number of nitrogens with one attached hydrogen (secondary N) is 1. The molecule has 0 saturated carbocycles. The third-order valence-corrected chi connectivity index (χ3v) is 5.13. The zero-order valence-corrected chi connectivity index (χ0v) is 17.8. The molecule has 0 aliphatic heterocycles. The summed E-state index contributed by atoms with van der Waals surface area (Å²) in [5.41, 5.74) is 1.29. The molecule has 0 bridgehead atoms. The number of alkyl carbamates (subject to hydrolysis) is 1. The molecule has 1 N–H and O–H groups in total. The van der Waals surface area contributed by atoms with Gasteiger partial charge in [0.1, 0.15) is 10.6 Å². The largest absolute Gasteiger partial charge is 0.444 e. The molecule has 0 fully saturated rings. The lowest BCUT2D eigenvalue weighted by Gasteiger charge is -2.23. The normalized spacial score (nSPS) is 12.4. The lowest BCUT2D eigenvalue weighted by atomic mass is 10.1. The number of carbonyl (C=O) groups excluding carboxylic acids is 2. The van der Waals surface area contributed by atoms with Gasteiger partial charge >= 0.3 is 6.09 Å². The molecular weight excluding hydrogens is 380 g/mol. The van der Waals surface area contributed by atoms with E-state index >= 15 is 0 Å². The fourth-order valence-corrected chi connectivity index (χ4v) is 3.69. The summed E-state index contributed by atoms with van der Waals surface area (Å²) in [5, 5.41) is 5.42. The highest BCUT2D eigenvalue weighted by atomic mass is 32.2. The second-order valence-electron chi connectivity index (χ2n) is 7.12. The van der Waals surface area contributed by atoms with E-state index in [4.69, 9.17) is 4.74 Å². The molecule has 146 valence electrons. The molecule has 7 heteroatoms. The van der Waals surface area contributed by atoms with Gasteiger partial charge in [-0.15, -0.1) is 11.3 Å². The fraction of sp³-hybridized carbons (Fsp3) is 0.450. The molecule has 0 unspecified atom stereocenters. The maximum Gasteiger partial charge on any atom is 0.408 e. The third kappa shape index (κ3) is 7.34. The van der Waals surface area contributed by atoms with E-state index < -0.39 is 17.7 Å². The van der Waals surface area contributed by atoms with Gasteiger partial charge in [0.15, 0.2) is 5.78 Å². The first-order chi connectivity index (χ1) is 12.8. The molecule has 1 aromatic carbocycles. The minimum Gasteiger partial charge on any atom is -0.444 e. The summed E-state index contributed by atoms with van der Waals surface area (Å²) in [4.78, 5) is 29.4. The number of thiazole rings is 1. The number of carbonyl (C=O) groups is 2. The van der Waals surface area contributed by atoms with Crippen LogP contribution in [-0.2, 0) is 16.0 Å². The highest BCUT2D eigenvalue weighted by Crippen LogP contribution is 2.22. The van der Waals surface area contributed by atoms with Gasteiger partial charge in [-0.3, -0.25) is 4.79 Å². The Hall–Kier alpha value is -1.86. The van der Waals surface area contributed by atoms with Crippen LogP contribution in [0.3, 0.4) is 0 Å². The summed E-state index contributed by atoms with van der Waals surface area (Å²) >= 11 is 3.10. The van der Waals surface area contributed by atoms with Gasteiger partial charge in [0, 0.05) is 10.9 Å². The topological polar surface area (TPSA) is 68.3 Å². The van der Waals surface area contributed by atoms with Gasteiger partial charge in [0.25, 0.3) is 0 Å². The minimum atomic E-state index is -0.600. The molecule has 1 heterocycles. The van der Waals surface area contributed by atoms with Gasteiger partial charge in [-0.1, -0.05) is 30.3 Å². The van der Waals surface area contributed by atoms with E-state index in [9.17, 15) is 9.59 Å². The molecule has 2 rings (SSSR count). The summed E-state index contributed by atoms with van der Waals surface area (Å²) in [7, 11) is 0. The molecule has 0 saturated heterocycles. The number of rotatable bonds is 8. The first-order valence-electron chi connectivity index (χ1n) is 8.79. The molecule has 1 aromatic heterocycles. The Morgan fingerprint density at radius 1 is 1.26 bits per heavy atom. The van der Waals surface area contributed by atoms with Crippen molar-refractivity contribution in [2.45, 2.75) is 45.3 Å². The smallest absolute Gasteiger partial charge is 0.408 e. The van der Waals surface area contributed by atoms with Crippen molar-refractivity contribution in [3.63, 3.8) is 0 Å². The zero-order valence-electron chi connectivity index (χ0n) is 16.2. The Bertz CT molecular complexity index is 754. The van der Waals surface area contributed by atoms with Gasteiger partial charge in [-0.25, -0.2) is 9.78 Å². The molecule has 1 amide bonds. The number of nitrogens with zero attached hydrogens (tertiary/aromatic N) is 1. The Balaban J connectivity index is 2.02. The van der Waals surface area contributed by atoms with Crippen LogP contribution in [0.25, 0.3) is 11.3 Å². The summed E-state index contributed by atoms with van der Waals surface area (Å²) in [6.45, 7) is 5.39. The highest BCUT2D eigenvalue weighted by molar-refractivity contribution is 7.98. The average Bonchev–Trinajstić information content (AvgIpc) is 3.06. The first-order valence-corrected chi connectivity index (χ1v) is 11.1. The van der Waals surface area contributed by atoms with Crippen LogP contribution in [0.15, 0.2) is 35.7 Å². The summed E-state index contributed by atoms with van der Waals surface area (Å²) in [6, 6.07) is 9.29. The predicted octanol–water partition coefficient (Wildman–Crippen LogP) is 4.57. The molecule has 0 spiro atoms. The van der Waals surface area contributed by atoms with Crippen LogP contribution in [0.4, 0.5) is 4.79 Å². The van der Waals surface area contributed by atoms with E-state index in [0.717, 1.165) is 22.0 Å². The molecule has 0 radical (unpaired) electrons. The van der Waals surface area contributed by atoms with Crippen molar-refractivity contribution in [1.82, 2.24) is 10.3 Å². The lowest BCUT2D eigenvalue weighted by molar-refractivity contribution is -0.120. The van der Waals surface area contributed by atoms with E-state index in [1.165, 1.54) is 11.3 Å². The Kier molecular flexibility index (Phi) is 7.86.